The third kappa shape index (κ3) is 26.2. The van der Waals surface area contributed by atoms with Gasteiger partial charge in [0, 0.05) is 32.2 Å². The first-order valence-electron chi connectivity index (χ1n) is 17.2. The van der Waals surface area contributed by atoms with Gasteiger partial charge in [0.05, 0.1) is 26.2 Å². The lowest BCUT2D eigenvalue weighted by atomic mass is 10.0. The number of nitrogens with one attached hydrogen (secondary N) is 1. The molecule has 4 N–H and O–H groups in total. The fourth-order valence-corrected chi connectivity index (χ4v) is 5.47. The summed E-state index contributed by atoms with van der Waals surface area (Å²) in [6, 6.07) is -0.0734. The van der Waals surface area contributed by atoms with Crippen molar-refractivity contribution in [2.75, 3.05) is 59.4 Å². The van der Waals surface area contributed by atoms with Crippen molar-refractivity contribution in [2.24, 2.45) is 0 Å². The molecule has 0 spiro atoms. The lowest BCUT2D eigenvalue weighted by Crippen LogP contribution is -2.49. The highest BCUT2D eigenvalue weighted by molar-refractivity contribution is 5.78. The van der Waals surface area contributed by atoms with Gasteiger partial charge >= 0.3 is 17.9 Å². The zero-order chi connectivity index (χ0) is 33.0. The van der Waals surface area contributed by atoms with Crippen LogP contribution >= 0.6 is 0 Å². The molecular weight excluding hydrogens is 564 g/mol. The number of carbonyl (C=O) groups is 4. The van der Waals surface area contributed by atoms with Gasteiger partial charge in [0.2, 0.25) is 5.91 Å². The molecule has 11 heteroatoms. The third-order valence-electron chi connectivity index (χ3n) is 8.04. The van der Waals surface area contributed by atoms with E-state index in [1.54, 1.807) is 4.90 Å². The molecule has 11 nitrogen and oxygen atoms in total. The summed E-state index contributed by atoms with van der Waals surface area (Å²) in [6.45, 7) is 4.87. The summed E-state index contributed by atoms with van der Waals surface area (Å²) >= 11 is 0. The highest BCUT2D eigenvalue weighted by Gasteiger charge is 2.23. The fourth-order valence-electron chi connectivity index (χ4n) is 5.47. The lowest BCUT2D eigenvalue weighted by Gasteiger charge is -2.33. The number of carboxylic acids is 3. The Hall–Kier alpha value is -2.24. The molecule has 0 aliphatic heterocycles. The summed E-state index contributed by atoms with van der Waals surface area (Å²) in [5, 5.41) is 30.9. The van der Waals surface area contributed by atoms with Gasteiger partial charge in [-0.25, -0.2) is 0 Å². The van der Waals surface area contributed by atoms with Crippen LogP contribution in [0.5, 0.6) is 0 Å². The van der Waals surface area contributed by atoms with Crippen LogP contribution in [0, 0.1) is 0 Å². The number of carboxylic acid groups (broad SMARTS) is 3. The number of hydrogen-bond acceptors (Lipinski definition) is 7. The number of carbonyl (C=O) groups excluding carboxylic acids is 1. The molecule has 258 valence electrons. The van der Waals surface area contributed by atoms with Crippen molar-refractivity contribution in [3.8, 4) is 0 Å². The van der Waals surface area contributed by atoms with Crippen LogP contribution in [-0.4, -0.2) is 119 Å². The van der Waals surface area contributed by atoms with Crippen LogP contribution in [-0.2, 0) is 19.2 Å². The number of nitrogens with zero attached hydrogens (tertiary/aromatic N) is 3. The number of aliphatic carboxylic acids is 3. The maximum atomic E-state index is 12.8. The Bertz CT molecular complexity index is 752. The SMILES string of the molecule is CCCCCCCCCCNC(=O)CN(C)C(CCCCCCCCCC)CN(CCN(CC(=O)O)CC(=O)O)CC(=O)O. The van der Waals surface area contributed by atoms with Crippen molar-refractivity contribution < 1.29 is 34.5 Å². The zero-order valence-electron chi connectivity index (χ0n) is 28.1. The maximum Gasteiger partial charge on any atom is 0.317 e. The number of likely N-dealkylation sites (N-methyl/N-ethyl adjacent to an activating group) is 1. The van der Waals surface area contributed by atoms with Crippen molar-refractivity contribution in [3.05, 3.63) is 0 Å². The number of hydrogen-bond donors (Lipinski definition) is 4. The van der Waals surface area contributed by atoms with Gasteiger partial charge in [-0.05, 0) is 19.9 Å². The highest BCUT2D eigenvalue weighted by Crippen LogP contribution is 2.14. The van der Waals surface area contributed by atoms with E-state index in [1.807, 2.05) is 11.9 Å². The van der Waals surface area contributed by atoms with Crippen LogP contribution in [0.4, 0.5) is 0 Å². The minimum Gasteiger partial charge on any atom is -0.480 e. The molecule has 0 radical (unpaired) electrons. The Morgan fingerprint density at radius 1 is 0.568 bits per heavy atom. The minimum absolute atomic E-state index is 0.0461. The summed E-state index contributed by atoms with van der Waals surface area (Å²) in [5.41, 5.74) is 0. The number of amides is 1. The first-order valence-corrected chi connectivity index (χ1v) is 17.2. The molecule has 1 unspecified atom stereocenters. The van der Waals surface area contributed by atoms with E-state index < -0.39 is 31.0 Å². The monoisotopic (exact) mass is 628 g/mol. The Morgan fingerprint density at radius 2 is 0.977 bits per heavy atom. The van der Waals surface area contributed by atoms with Gasteiger partial charge in [0.25, 0.3) is 0 Å². The van der Waals surface area contributed by atoms with Crippen molar-refractivity contribution in [2.45, 2.75) is 129 Å². The van der Waals surface area contributed by atoms with Crippen LogP contribution < -0.4 is 5.32 Å². The minimum atomic E-state index is -1.14. The summed E-state index contributed by atoms with van der Waals surface area (Å²) in [5.74, 6) is -3.33. The second-order valence-corrected chi connectivity index (χ2v) is 12.3. The Labute approximate surface area is 266 Å². The molecule has 0 aromatic carbocycles. The van der Waals surface area contributed by atoms with Crippen LogP contribution in [0.1, 0.15) is 123 Å². The van der Waals surface area contributed by atoms with E-state index in [4.69, 9.17) is 10.2 Å². The van der Waals surface area contributed by atoms with Crippen LogP contribution in [0.3, 0.4) is 0 Å². The largest absolute Gasteiger partial charge is 0.480 e. The average Bonchev–Trinajstić information content (AvgIpc) is 2.94. The molecule has 1 atom stereocenters. The Kier molecular flexibility index (Phi) is 26.8. The summed E-state index contributed by atoms with van der Waals surface area (Å²) in [7, 11) is 1.89. The van der Waals surface area contributed by atoms with E-state index in [2.05, 4.69) is 19.2 Å². The normalized spacial score (nSPS) is 12.2. The number of rotatable bonds is 32. The molecule has 0 aromatic rings. The van der Waals surface area contributed by atoms with Crippen molar-refractivity contribution in [3.63, 3.8) is 0 Å². The van der Waals surface area contributed by atoms with E-state index in [-0.39, 0.29) is 38.1 Å². The fraction of sp³-hybridized carbons (Fsp3) is 0.879. The molecule has 0 rings (SSSR count). The summed E-state index contributed by atoms with van der Waals surface area (Å²) < 4.78 is 0. The van der Waals surface area contributed by atoms with Gasteiger partial charge in [0.15, 0.2) is 0 Å². The predicted octanol–water partition coefficient (Wildman–Crippen LogP) is 4.93. The van der Waals surface area contributed by atoms with Gasteiger partial charge in [-0.1, -0.05) is 110 Å². The van der Waals surface area contributed by atoms with Gasteiger partial charge in [-0.3, -0.25) is 33.9 Å². The summed E-state index contributed by atoms with van der Waals surface area (Å²) in [4.78, 5) is 51.9. The lowest BCUT2D eigenvalue weighted by molar-refractivity contribution is -0.143. The van der Waals surface area contributed by atoms with Crippen LogP contribution in [0.25, 0.3) is 0 Å². The molecule has 44 heavy (non-hydrogen) atoms. The third-order valence-corrected chi connectivity index (χ3v) is 8.04. The predicted molar refractivity (Wildman–Crippen MR) is 175 cm³/mol. The molecule has 0 fully saturated rings. The first kappa shape index (κ1) is 41.8. The molecule has 0 saturated carbocycles. The second-order valence-electron chi connectivity index (χ2n) is 12.3. The van der Waals surface area contributed by atoms with Gasteiger partial charge in [-0.15, -0.1) is 0 Å². The highest BCUT2D eigenvalue weighted by atomic mass is 16.4. The quantitative estimate of drug-likeness (QED) is 0.0755. The van der Waals surface area contributed by atoms with E-state index in [9.17, 15) is 24.3 Å². The smallest absolute Gasteiger partial charge is 0.317 e. The molecule has 0 aliphatic carbocycles. The topological polar surface area (TPSA) is 151 Å². The Morgan fingerprint density at radius 3 is 1.45 bits per heavy atom. The average molecular weight is 629 g/mol. The van der Waals surface area contributed by atoms with Gasteiger partial charge in [0.1, 0.15) is 0 Å². The van der Waals surface area contributed by atoms with E-state index in [0.717, 1.165) is 38.5 Å². The molecular formula is C33H64N4O7. The zero-order valence-corrected chi connectivity index (χ0v) is 28.1. The van der Waals surface area contributed by atoms with E-state index in [1.165, 1.54) is 75.5 Å². The van der Waals surface area contributed by atoms with E-state index >= 15 is 0 Å². The molecule has 1 amide bonds. The molecule has 0 aromatic heterocycles. The number of unbranched alkanes of at least 4 members (excludes halogenated alkanes) is 14. The van der Waals surface area contributed by atoms with Crippen LogP contribution in [0.15, 0.2) is 0 Å². The van der Waals surface area contributed by atoms with Crippen LogP contribution in [0.2, 0.25) is 0 Å². The molecule has 0 aliphatic rings. The van der Waals surface area contributed by atoms with Gasteiger partial charge < -0.3 is 20.6 Å². The van der Waals surface area contributed by atoms with Crippen molar-refractivity contribution in [1.82, 2.24) is 20.0 Å². The maximum absolute atomic E-state index is 12.8. The van der Waals surface area contributed by atoms with Crippen molar-refractivity contribution >= 4 is 23.8 Å². The van der Waals surface area contributed by atoms with Gasteiger partial charge in [-0.2, -0.15) is 0 Å². The van der Waals surface area contributed by atoms with E-state index in [0.29, 0.717) is 13.1 Å². The summed E-state index contributed by atoms with van der Waals surface area (Å²) in [6.07, 6.45) is 19.8. The second kappa shape index (κ2) is 28.2. The standard InChI is InChI=1S/C33H64N4O7/c1-4-6-8-10-12-14-16-18-20-29(35(3)25-30(38)34-21-19-17-15-13-11-9-7-5-2)24-36(26-31(39)40)22-23-37(27-32(41)42)28-33(43)44/h29H,4-28H2,1-3H3,(H,34,38)(H,39,40)(H,41,42)(H,43,44). The Balaban J connectivity index is 5.08. The first-order chi connectivity index (χ1) is 21.1. The van der Waals surface area contributed by atoms with Crippen molar-refractivity contribution in [1.29, 1.82) is 0 Å². The molecule has 0 bridgehead atoms. The molecule has 0 heterocycles. The molecule has 0 saturated heterocycles.